The Morgan fingerprint density at radius 3 is 2.00 bits per heavy atom. The maximum absolute atomic E-state index is 12.6. The summed E-state index contributed by atoms with van der Waals surface area (Å²) in [5, 5.41) is 0. The summed E-state index contributed by atoms with van der Waals surface area (Å²) >= 11 is 0. The summed E-state index contributed by atoms with van der Waals surface area (Å²) < 4.78 is 27.8. The van der Waals surface area contributed by atoms with Crippen LogP contribution in [0, 0.1) is 0 Å². The van der Waals surface area contributed by atoms with Crippen molar-refractivity contribution in [2.24, 2.45) is 0 Å². The van der Waals surface area contributed by atoms with Crippen LogP contribution in [0.25, 0.3) is 11.1 Å². The van der Waals surface area contributed by atoms with E-state index in [9.17, 15) is 8.42 Å². The lowest BCUT2D eigenvalue weighted by molar-refractivity contribution is 0.491. The fourth-order valence-corrected chi connectivity index (χ4v) is 3.74. The van der Waals surface area contributed by atoms with Gasteiger partial charge in [0, 0.05) is 16.7 Å². The van der Waals surface area contributed by atoms with Crippen LogP contribution >= 0.6 is 0 Å². The number of hydrogen-bond donors (Lipinski definition) is 1. The third-order valence-electron chi connectivity index (χ3n) is 2.83. The predicted molar refractivity (Wildman–Crippen MR) is 84.7 cm³/mol. The molecule has 0 spiro atoms. The number of sulfonamides is 1. The average molecular weight is 303 g/mol. The van der Waals surface area contributed by atoms with E-state index in [-0.39, 0.29) is 4.90 Å². The average Bonchev–Trinajstić information content (AvgIpc) is 2.36. The molecule has 111 valence electrons. The second-order valence-corrected chi connectivity index (χ2v) is 7.55. The molecule has 0 fully saturated rings. The van der Waals surface area contributed by atoms with Crippen LogP contribution in [0.5, 0.6) is 0 Å². The van der Waals surface area contributed by atoms with Crippen LogP contribution in [-0.4, -0.2) is 14.0 Å². The summed E-state index contributed by atoms with van der Waals surface area (Å²) in [4.78, 5) is 0.194. The van der Waals surface area contributed by atoms with Crippen LogP contribution in [0.3, 0.4) is 0 Å². The highest BCUT2D eigenvalue weighted by molar-refractivity contribution is 7.89. The highest BCUT2D eigenvalue weighted by atomic mass is 32.2. The molecule has 2 rings (SSSR count). The molecule has 0 unspecified atom stereocenters. The molecule has 5 heteroatoms. The largest absolute Gasteiger partial charge is 0.300 e. The number of nitrogens with one attached hydrogen (secondary N) is 2. The van der Waals surface area contributed by atoms with E-state index < -0.39 is 15.6 Å². The van der Waals surface area contributed by atoms with Gasteiger partial charge in [0.25, 0.3) is 0 Å². The van der Waals surface area contributed by atoms with Gasteiger partial charge in [0.2, 0.25) is 10.0 Å². The molecule has 1 radical (unpaired) electrons. The lowest BCUT2D eigenvalue weighted by Crippen LogP contribution is -2.40. The lowest BCUT2D eigenvalue weighted by Gasteiger charge is -2.21. The molecule has 2 N–H and O–H groups in total. The van der Waals surface area contributed by atoms with Gasteiger partial charge in [-0.1, -0.05) is 36.4 Å². The number of rotatable bonds is 3. The zero-order valence-electron chi connectivity index (χ0n) is 12.3. The molecule has 0 saturated heterocycles. The first-order valence-electron chi connectivity index (χ1n) is 6.65. The zero-order chi connectivity index (χ0) is 15.7. The van der Waals surface area contributed by atoms with Gasteiger partial charge in [-0.15, -0.1) is 0 Å². The van der Waals surface area contributed by atoms with Gasteiger partial charge in [-0.2, -0.15) is 0 Å². The van der Waals surface area contributed by atoms with Crippen LogP contribution in [0.1, 0.15) is 20.8 Å². The molecular formula is C16H19N2O2S. The highest BCUT2D eigenvalue weighted by Gasteiger charge is 2.25. The van der Waals surface area contributed by atoms with Gasteiger partial charge < -0.3 is 5.73 Å². The molecule has 21 heavy (non-hydrogen) atoms. The summed E-state index contributed by atoms with van der Waals surface area (Å²) in [6.07, 6.45) is 0. The van der Waals surface area contributed by atoms with Gasteiger partial charge in [0.1, 0.15) is 0 Å². The Morgan fingerprint density at radius 2 is 1.43 bits per heavy atom. The van der Waals surface area contributed by atoms with Crippen molar-refractivity contribution >= 4 is 15.7 Å². The predicted octanol–water partition coefficient (Wildman–Crippen LogP) is 3.34. The van der Waals surface area contributed by atoms with E-state index >= 15 is 0 Å². The molecule has 0 aliphatic carbocycles. The Bertz CT molecular complexity index is 747. The van der Waals surface area contributed by atoms with Gasteiger partial charge in [0.15, 0.2) is 0 Å². The van der Waals surface area contributed by atoms with Crippen LogP contribution in [0.2, 0.25) is 0 Å². The molecular weight excluding hydrogens is 284 g/mol. The molecule has 2 aromatic carbocycles. The van der Waals surface area contributed by atoms with Crippen molar-refractivity contribution in [2.75, 3.05) is 0 Å². The minimum absolute atomic E-state index is 0.194. The quantitative estimate of drug-likeness (QED) is 0.944. The number of hydrogen-bond acceptors (Lipinski definition) is 2. The zero-order valence-corrected chi connectivity index (χ0v) is 13.2. The topological polar surface area (TPSA) is 70.0 Å². The first kappa shape index (κ1) is 15.5. The minimum atomic E-state index is -3.65. The Labute approximate surface area is 126 Å². The molecule has 0 saturated carbocycles. The standard InChI is InChI=1S/C16H19N2O2S/c1-16(2,3)18-21(19,20)15-11-7-5-9-13(15)12-8-4-6-10-14(12)17/h4-11,17-18H,1-3H3. The molecule has 4 nitrogen and oxygen atoms in total. The van der Waals surface area contributed by atoms with E-state index in [2.05, 4.69) is 4.72 Å². The molecule has 0 heterocycles. The van der Waals surface area contributed by atoms with E-state index in [0.717, 1.165) is 0 Å². The van der Waals surface area contributed by atoms with Gasteiger partial charge >= 0.3 is 0 Å². The molecule has 0 amide bonds. The highest BCUT2D eigenvalue weighted by Crippen LogP contribution is 2.32. The van der Waals surface area contributed by atoms with E-state index in [1.807, 2.05) is 0 Å². The minimum Gasteiger partial charge on any atom is -0.300 e. The lowest BCUT2D eigenvalue weighted by atomic mass is 10.0. The summed E-state index contributed by atoms with van der Waals surface area (Å²) in [6.45, 7) is 5.39. The van der Waals surface area contributed by atoms with Crippen molar-refractivity contribution in [1.82, 2.24) is 10.5 Å². The fraction of sp³-hybridized carbons (Fsp3) is 0.250. The Morgan fingerprint density at radius 1 is 0.905 bits per heavy atom. The number of benzene rings is 2. The summed E-state index contributed by atoms with van der Waals surface area (Å²) in [5.41, 5.74) is 8.86. The van der Waals surface area contributed by atoms with Gasteiger partial charge in [-0.25, -0.2) is 13.1 Å². The van der Waals surface area contributed by atoms with Crippen LogP contribution in [-0.2, 0) is 10.0 Å². The third kappa shape index (κ3) is 3.62. The summed E-state index contributed by atoms with van der Waals surface area (Å²) in [7, 11) is -3.65. The third-order valence-corrected chi connectivity index (χ3v) is 4.65. The molecule has 0 aliphatic rings. The van der Waals surface area contributed by atoms with Crippen molar-refractivity contribution in [3.8, 4) is 11.1 Å². The first-order valence-corrected chi connectivity index (χ1v) is 8.13. The summed E-state index contributed by atoms with van der Waals surface area (Å²) in [6, 6.07) is 13.7. The maximum atomic E-state index is 12.6. The Balaban J connectivity index is 2.60. The van der Waals surface area contributed by atoms with Gasteiger partial charge in [0.05, 0.1) is 10.6 Å². The second kappa shape index (κ2) is 5.50. The van der Waals surface area contributed by atoms with Crippen LogP contribution in [0.15, 0.2) is 53.4 Å². The van der Waals surface area contributed by atoms with Crippen LogP contribution in [0.4, 0.5) is 5.69 Å². The smallest absolute Gasteiger partial charge is 0.241 e. The Kier molecular flexibility index (Phi) is 4.07. The molecule has 0 bridgehead atoms. The monoisotopic (exact) mass is 303 g/mol. The second-order valence-electron chi connectivity index (χ2n) is 5.90. The molecule has 0 atom stereocenters. The van der Waals surface area contributed by atoms with Crippen molar-refractivity contribution in [1.29, 1.82) is 0 Å². The van der Waals surface area contributed by atoms with Crippen molar-refractivity contribution in [2.45, 2.75) is 31.2 Å². The fourth-order valence-electron chi connectivity index (χ4n) is 2.10. The van der Waals surface area contributed by atoms with Crippen LogP contribution < -0.4 is 10.5 Å². The van der Waals surface area contributed by atoms with Crippen molar-refractivity contribution in [3.63, 3.8) is 0 Å². The van der Waals surface area contributed by atoms with E-state index in [1.54, 1.807) is 69.3 Å². The Hall–Kier alpha value is -1.85. The summed E-state index contributed by atoms with van der Waals surface area (Å²) in [5.74, 6) is 0. The van der Waals surface area contributed by atoms with E-state index in [4.69, 9.17) is 5.73 Å². The van der Waals surface area contributed by atoms with Crippen molar-refractivity contribution in [3.05, 3.63) is 48.5 Å². The molecule has 0 aromatic heterocycles. The molecule has 2 aromatic rings. The van der Waals surface area contributed by atoms with Gasteiger partial charge in [-0.3, -0.25) is 0 Å². The van der Waals surface area contributed by atoms with E-state index in [0.29, 0.717) is 16.8 Å². The van der Waals surface area contributed by atoms with Gasteiger partial charge in [-0.05, 0) is 32.9 Å². The normalized spacial score (nSPS) is 12.3. The molecule has 0 aliphatic heterocycles. The maximum Gasteiger partial charge on any atom is 0.241 e. The van der Waals surface area contributed by atoms with E-state index in [1.165, 1.54) is 0 Å². The first-order chi connectivity index (χ1) is 9.71. The van der Waals surface area contributed by atoms with Crippen molar-refractivity contribution < 1.29 is 8.42 Å². The SMILES string of the molecule is CC(C)(C)NS(=O)(=O)c1ccccc1-c1ccccc1[NH].